The van der Waals surface area contributed by atoms with E-state index in [0.717, 1.165) is 11.1 Å². The fraction of sp³-hybridized carbons (Fsp3) is 0.333. The number of nitrogens with one attached hydrogen (secondary N) is 2. The summed E-state index contributed by atoms with van der Waals surface area (Å²) in [6, 6.07) is 15.3. The standard InChI is InChI=1S/C15H17NO3.C12H14N4O/c1-15(2,18)8-6-11-4-5-13-12(10-11)16(3)14(17)7-9-19-13;1-2-13-12(17)11-14-10(15-16-11)8-9-6-4-3-5-7-9/h4-5,10,18H,7,9H2,1-3H3;3-7H,2,8H2,1H3,(H,13,17)(H,14,15,16). The Morgan fingerprint density at radius 2 is 2.00 bits per heavy atom. The topological polar surface area (TPSA) is 120 Å². The molecule has 0 saturated heterocycles. The van der Waals surface area contributed by atoms with Crippen molar-refractivity contribution in [2.45, 2.75) is 39.2 Å². The molecule has 1 aliphatic heterocycles. The van der Waals surface area contributed by atoms with Crippen LogP contribution in [0.2, 0.25) is 0 Å². The van der Waals surface area contributed by atoms with E-state index >= 15 is 0 Å². The normalized spacial score (nSPS) is 12.7. The summed E-state index contributed by atoms with van der Waals surface area (Å²) in [6.45, 7) is 6.08. The number of ether oxygens (including phenoxy) is 1. The molecule has 0 radical (unpaired) electrons. The highest BCUT2D eigenvalue weighted by molar-refractivity contribution is 5.95. The van der Waals surface area contributed by atoms with Gasteiger partial charge in [-0.3, -0.25) is 14.7 Å². The van der Waals surface area contributed by atoms with Gasteiger partial charge in [0.15, 0.2) is 0 Å². The van der Waals surface area contributed by atoms with E-state index in [1.165, 1.54) is 0 Å². The number of rotatable bonds is 4. The molecule has 0 fully saturated rings. The van der Waals surface area contributed by atoms with Crippen molar-refractivity contribution in [3.63, 3.8) is 0 Å². The van der Waals surface area contributed by atoms with E-state index < -0.39 is 5.60 Å². The Bertz CT molecular complexity index is 1250. The Morgan fingerprint density at radius 3 is 2.69 bits per heavy atom. The summed E-state index contributed by atoms with van der Waals surface area (Å²) < 4.78 is 5.53. The molecule has 0 aliphatic carbocycles. The minimum Gasteiger partial charge on any atom is -0.491 e. The van der Waals surface area contributed by atoms with Crippen LogP contribution in [0.1, 0.15) is 54.8 Å². The number of nitrogens with zero attached hydrogens (tertiary/aromatic N) is 3. The van der Waals surface area contributed by atoms with Crippen LogP contribution in [0.5, 0.6) is 5.75 Å². The molecular formula is C27H31N5O4. The third kappa shape index (κ3) is 7.68. The lowest BCUT2D eigenvalue weighted by Gasteiger charge is -2.16. The number of hydrogen-bond acceptors (Lipinski definition) is 6. The molecule has 2 heterocycles. The molecule has 3 N–H and O–H groups in total. The number of amides is 2. The lowest BCUT2D eigenvalue weighted by atomic mass is 10.1. The van der Waals surface area contributed by atoms with Crippen LogP contribution in [-0.4, -0.2) is 57.9 Å². The molecule has 36 heavy (non-hydrogen) atoms. The molecule has 1 aromatic heterocycles. The van der Waals surface area contributed by atoms with Crippen LogP contribution in [-0.2, 0) is 11.2 Å². The minimum atomic E-state index is -1.04. The lowest BCUT2D eigenvalue weighted by Crippen LogP contribution is -2.25. The molecule has 0 saturated carbocycles. The predicted molar refractivity (Wildman–Crippen MR) is 137 cm³/mol. The van der Waals surface area contributed by atoms with Gasteiger partial charge in [-0.05, 0) is 44.5 Å². The number of hydrogen-bond donors (Lipinski definition) is 3. The van der Waals surface area contributed by atoms with E-state index in [4.69, 9.17) is 4.74 Å². The van der Waals surface area contributed by atoms with Gasteiger partial charge < -0.3 is 20.1 Å². The number of aromatic amines is 1. The van der Waals surface area contributed by atoms with E-state index in [0.29, 0.717) is 43.3 Å². The zero-order chi connectivity index (χ0) is 26.1. The number of anilines is 1. The highest BCUT2D eigenvalue weighted by atomic mass is 16.5. The maximum atomic E-state index is 11.8. The SMILES string of the molecule is CCNC(=O)c1n[nH]c(Cc2ccccc2)n1.CN1C(=O)CCOc2ccc(C#CC(C)(C)O)cc21. The smallest absolute Gasteiger partial charge is 0.290 e. The van der Waals surface area contributed by atoms with Crippen molar-refractivity contribution in [1.29, 1.82) is 0 Å². The van der Waals surface area contributed by atoms with Gasteiger partial charge in [0.1, 0.15) is 17.2 Å². The average Bonchev–Trinajstić information content (AvgIpc) is 3.26. The molecule has 2 aromatic carbocycles. The van der Waals surface area contributed by atoms with Crippen LogP contribution in [0.4, 0.5) is 5.69 Å². The predicted octanol–water partition coefficient (Wildman–Crippen LogP) is 2.70. The van der Waals surface area contributed by atoms with Gasteiger partial charge in [-0.1, -0.05) is 42.2 Å². The maximum absolute atomic E-state index is 11.8. The Morgan fingerprint density at radius 1 is 1.25 bits per heavy atom. The van der Waals surface area contributed by atoms with Crippen LogP contribution in [0, 0.1) is 11.8 Å². The van der Waals surface area contributed by atoms with Crippen molar-refractivity contribution in [1.82, 2.24) is 20.5 Å². The number of carbonyl (C=O) groups excluding carboxylic acids is 2. The second kappa shape index (κ2) is 12.0. The Balaban J connectivity index is 0.000000202. The molecule has 0 unspecified atom stereocenters. The largest absolute Gasteiger partial charge is 0.491 e. The van der Waals surface area contributed by atoms with Gasteiger partial charge in [0.2, 0.25) is 11.7 Å². The minimum absolute atomic E-state index is 0.0198. The number of aliphatic hydroxyl groups is 1. The van der Waals surface area contributed by atoms with Gasteiger partial charge in [-0.25, -0.2) is 4.98 Å². The molecule has 3 aromatic rings. The summed E-state index contributed by atoms with van der Waals surface area (Å²) in [5.74, 6) is 6.98. The monoisotopic (exact) mass is 489 g/mol. The van der Waals surface area contributed by atoms with Gasteiger partial charge in [0.25, 0.3) is 5.91 Å². The van der Waals surface area contributed by atoms with Gasteiger partial charge in [0.05, 0.1) is 18.7 Å². The molecule has 188 valence electrons. The average molecular weight is 490 g/mol. The van der Waals surface area contributed by atoms with Gasteiger partial charge >= 0.3 is 0 Å². The summed E-state index contributed by atoms with van der Waals surface area (Å²) >= 11 is 0. The fourth-order valence-electron chi connectivity index (χ4n) is 3.26. The third-order valence-corrected chi connectivity index (χ3v) is 5.07. The molecule has 1 aliphatic rings. The van der Waals surface area contributed by atoms with E-state index in [1.54, 1.807) is 37.9 Å². The van der Waals surface area contributed by atoms with Crippen LogP contribution in [0.15, 0.2) is 48.5 Å². The van der Waals surface area contributed by atoms with Crippen LogP contribution < -0.4 is 15.0 Å². The second-order valence-corrected chi connectivity index (χ2v) is 8.67. The summed E-state index contributed by atoms with van der Waals surface area (Å²) in [6.07, 6.45) is 1.02. The fourth-order valence-corrected chi connectivity index (χ4v) is 3.26. The van der Waals surface area contributed by atoms with Crippen molar-refractivity contribution in [3.05, 3.63) is 71.3 Å². The van der Waals surface area contributed by atoms with Crippen molar-refractivity contribution >= 4 is 17.5 Å². The first-order valence-electron chi connectivity index (χ1n) is 11.7. The van der Waals surface area contributed by atoms with E-state index in [1.807, 2.05) is 43.3 Å². The molecule has 4 rings (SSSR count). The number of aromatic nitrogens is 3. The zero-order valence-corrected chi connectivity index (χ0v) is 21.0. The van der Waals surface area contributed by atoms with Gasteiger partial charge in [-0.2, -0.15) is 0 Å². The van der Waals surface area contributed by atoms with Gasteiger partial charge in [-0.15, -0.1) is 5.10 Å². The summed E-state index contributed by atoms with van der Waals surface area (Å²) in [4.78, 5) is 29.0. The van der Waals surface area contributed by atoms with E-state index in [-0.39, 0.29) is 17.6 Å². The van der Waals surface area contributed by atoms with Crippen LogP contribution >= 0.6 is 0 Å². The molecule has 2 amide bonds. The first-order valence-corrected chi connectivity index (χ1v) is 11.7. The quantitative estimate of drug-likeness (QED) is 0.485. The molecule has 9 heteroatoms. The van der Waals surface area contributed by atoms with E-state index in [2.05, 4.69) is 32.3 Å². The van der Waals surface area contributed by atoms with Crippen molar-refractivity contribution in [2.75, 3.05) is 25.1 Å². The summed E-state index contributed by atoms with van der Waals surface area (Å²) in [7, 11) is 1.73. The van der Waals surface area contributed by atoms with Crippen molar-refractivity contribution in [3.8, 4) is 17.6 Å². The Hall–Kier alpha value is -4.16. The maximum Gasteiger partial charge on any atom is 0.290 e. The molecule has 9 nitrogen and oxygen atoms in total. The number of benzene rings is 2. The molecule has 0 spiro atoms. The Labute approximate surface area is 210 Å². The first kappa shape index (κ1) is 26.4. The highest BCUT2D eigenvalue weighted by Gasteiger charge is 2.20. The first-order chi connectivity index (χ1) is 17.2. The third-order valence-electron chi connectivity index (χ3n) is 5.07. The van der Waals surface area contributed by atoms with Crippen molar-refractivity contribution < 1.29 is 19.4 Å². The van der Waals surface area contributed by atoms with Crippen molar-refractivity contribution in [2.24, 2.45) is 0 Å². The Kier molecular flexibility index (Phi) is 8.81. The lowest BCUT2D eigenvalue weighted by molar-refractivity contribution is -0.118. The highest BCUT2D eigenvalue weighted by Crippen LogP contribution is 2.31. The van der Waals surface area contributed by atoms with Crippen LogP contribution in [0.25, 0.3) is 0 Å². The van der Waals surface area contributed by atoms with E-state index in [9.17, 15) is 14.7 Å². The molecule has 0 bridgehead atoms. The number of H-pyrrole nitrogens is 1. The molecule has 0 atom stereocenters. The summed E-state index contributed by atoms with van der Waals surface area (Å²) in [5, 5.41) is 18.9. The number of carbonyl (C=O) groups is 2. The second-order valence-electron chi connectivity index (χ2n) is 8.67. The number of fused-ring (bicyclic) bond motifs is 1. The summed E-state index contributed by atoms with van der Waals surface area (Å²) in [5.41, 5.74) is 1.55. The van der Waals surface area contributed by atoms with Crippen LogP contribution in [0.3, 0.4) is 0 Å². The molecular weight excluding hydrogens is 458 g/mol. The van der Waals surface area contributed by atoms with Gasteiger partial charge in [0, 0.05) is 25.6 Å². The zero-order valence-electron chi connectivity index (χ0n) is 21.0.